The van der Waals surface area contributed by atoms with Crippen molar-refractivity contribution >= 4 is 66.3 Å². The van der Waals surface area contributed by atoms with Gasteiger partial charge in [0, 0.05) is 17.1 Å². The number of likely N-dealkylation sites (N-methyl/N-ethyl adjacent to an activating group) is 1. The maximum absolute atomic E-state index is 14.1. The summed E-state index contributed by atoms with van der Waals surface area (Å²) < 4.78 is 13.9. The summed E-state index contributed by atoms with van der Waals surface area (Å²) in [7, 11) is 3.24. The zero-order valence-corrected chi connectivity index (χ0v) is 24.3. The van der Waals surface area contributed by atoms with Crippen LogP contribution in [0, 0.1) is 0 Å². The van der Waals surface area contributed by atoms with E-state index >= 15 is 0 Å². The van der Waals surface area contributed by atoms with Crippen molar-refractivity contribution in [1.82, 2.24) is 4.57 Å². The first-order valence-electron chi connectivity index (χ1n) is 11.3. The molecular weight excluding hydrogens is 626 g/mol. The van der Waals surface area contributed by atoms with Gasteiger partial charge in [-0.15, -0.1) is 0 Å². The number of thiazole rings is 1. The fourth-order valence-corrected chi connectivity index (χ4v) is 6.68. The number of hydrogen-bond acceptors (Lipinski definition) is 7. The highest BCUT2D eigenvalue weighted by Crippen LogP contribution is 2.37. The Morgan fingerprint density at radius 1 is 1.16 bits per heavy atom. The summed E-state index contributed by atoms with van der Waals surface area (Å²) in [5, 5.41) is 0. The van der Waals surface area contributed by atoms with Gasteiger partial charge in [-0.2, -0.15) is 0 Å². The number of allylic oxidation sites excluding steroid dienone is 1. The Morgan fingerprint density at radius 2 is 1.92 bits per heavy atom. The number of rotatable bonds is 4. The molecule has 0 unspecified atom stereocenters. The molecule has 0 bridgehead atoms. The monoisotopic (exact) mass is 645 g/mol. The molecule has 0 spiro atoms. The van der Waals surface area contributed by atoms with E-state index in [0.717, 1.165) is 15.8 Å². The quantitative estimate of drug-likeness (QED) is 0.404. The summed E-state index contributed by atoms with van der Waals surface area (Å²) >= 11 is 8.12. The van der Waals surface area contributed by atoms with Crippen LogP contribution in [0.3, 0.4) is 0 Å². The summed E-state index contributed by atoms with van der Waals surface area (Å²) in [6.45, 7) is 3.62. The lowest BCUT2D eigenvalue weighted by Crippen LogP contribution is -2.40. The number of esters is 1. The average Bonchev–Trinajstić information content (AvgIpc) is 3.30. The molecule has 3 heterocycles. The molecule has 1 aromatic heterocycles. The van der Waals surface area contributed by atoms with Crippen molar-refractivity contribution in [2.45, 2.75) is 19.9 Å². The van der Waals surface area contributed by atoms with Gasteiger partial charge in [0.1, 0.15) is 10.3 Å². The number of fused-ring (bicyclic) bond motifs is 2. The van der Waals surface area contributed by atoms with Gasteiger partial charge < -0.3 is 14.4 Å². The number of nitrogens with zero attached hydrogens (tertiary/aromatic N) is 3. The Hall–Kier alpha value is -3.02. The Morgan fingerprint density at radius 3 is 2.59 bits per heavy atom. The van der Waals surface area contributed by atoms with Crippen LogP contribution >= 0.6 is 43.2 Å². The van der Waals surface area contributed by atoms with Crippen LogP contribution in [0.5, 0.6) is 5.75 Å². The fourth-order valence-electron chi connectivity index (χ4n) is 4.62. The van der Waals surface area contributed by atoms with E-state index in [1.54, 1.807) is 40.1 Å². The summed E-state index contributed by atoms with van der Waals surface area (Å²) in [6, 6.07) is 10.1. The van der Waals surface area contributed by atoms with E-state index in [1.165, 1.54) is 9.47 Å². The van der Waals surface area contributed by atoms with E-state index in [2.05, 4.69) is 36.9 Å². The molecule has 190 valence electrons. The number of ether oxygens (including phenoxy) is 2. The first-order chi connectivity index (χ1) is 17.7. The van der Waals surface area contributed by atoms with Crippen LogP contribution in [0.15, 0.2) is 66.4 Å². The number of hydrogen-bond donors (Lipinski definition) is 0. The summed E-state index contributed by atoms with van der Waals surface area (Å²) in [5.41, 5.74) is 2.67. The van der Waals surface area contributed by atoms with Crippen LogP contribution in [0.1, 0.15) is 31.0 Å². The topological polar surface area (TPSA) is 90.2 Å². The van der Waals surface area contributed by atoms with Gasteiger partial charge in [-0.1, -0.05) is 33.3 Å². The minimum Gasteiger partial charge on any atom is -0.496 e. The van der Waals surface area contributed by atoms with Crippen LogP contribution < -0.4 is 24.5 Å². The molecule has 37 heavy (non-hydrogen) atoms. The number of anilines is 1. The largest absolute Gasteiger partial charge is 0.496 e. The third-order valence-electron chi connectivity index (χ3n) is 6.32. The molecule has 0 aliphatic carbocycles. The highest BCUT2D eigenvalue weighted by Gasteiger charge is 2.36. The van der Waals surface area contributed by atoms with E-state index in [4.69, 9.17) is 9.47 Å². The van der Waals surface area contributed by atoms with Crippen molar-refractivity contribution in [3.63, 3.8) is 0 Å². The molecule has 0 N–H and O–H groups in total. The van der Waals surface area contributed by atoms with Gasteiger partial charge in [0.05, 0.1) is 46.8 Å². The third-order valence-corrected chi connectivity index (χ3v) is 8.49. The van der Waals surface area contributed by atoms with E-state index in [1.807, 2.05) is 24.3 Å². The third kappa shape index (κ3) is 4.09. The van der Waals surface area contributed by atoms with Crippen LogP contribution in [0.4, 0.5) is 5.69 Å². The number of amides is 1. The molecular formula is C26H21Br2N3O5S. The van der Waals surface area contributed by atoms with Crippen molar-refractivity contribution in [3.05, 3.63) is 87.4 Å². The van der Waals surface area contributed by atoms with Gasteiger partial charge in [-0.05, 0) is 65.7 Å². The number of methoxy groups -OCH3 is 1. The standard InChI is InChI=1S/C26H21Br2N3O5S/c1-5-36-25(34)19-12(2)29-26-31(21(19)13-6-9-18(35-4)16(28)10-13)24(33)22(37-26)20-15-11-14(27)7-8-17(15)30(3)23(20)32/h6-11,21H,5H2,1-4H3/b22-20-/t21-/m1/s1. The number of carbonyl (C=O) groups excluding carboxylic acids is 2. The first-order valence-corrected chi connectivity index (χ1v) is 13.7. The van der Waals surface area contributed by atoms with E-state index in [9.17, 15) is 14.4 Å². The Bertz CT molecular complexity index is 1710. The lowest BCUT2D eigenvalue weighted by atomic mass is 9.96. The smallest absolute Gasteiger partial charge is 0.338 e. The van der Waals surface area contributed by atoms with Gasteiger partial charge >= 0.3 is 5.97 Å². The molecule has 2 aliphatic heterocycles. The zero-order valence-electron chi connectivity index (χ0n) is 20.3. The number of halogens is 2. The second kappa shape index (κ2) is 9.70. The summed E-state index contributed by atoms with van der Waals surface area (Å²) in [5.74, 6) is -0.216. The molecule has 8 nitrogen and oxygen atoms in total. The lowest BCUT2D eigenvalue weighted by Gasteiger charge is -2.25. The molecule has 0 saturated heterocycles. The molecule has 2 aromatic carbocycles. The molecule has 11 heteroatoms. The average molecular weight is 647 g/mol. The molecule has 0 saturated carbocycles. The van der Waals surface area contributed by atoms with Crippen LogP contribution in [-0.2, 0) is 14.3 Å². The van der Waals surface area contributed by atoms with Gasteiger partial charge in [0.2, 0.25) is 0 Å². The molecule has 1 amide bonds. The van der Waals surface area contributed by atoms with Gasteiger partial charge in [0.15, 0.2) is 4.80 Å². The number of carbonyl (C=O) groups is 2. The Kier molecular flexibility index (Phi) is 6.71. The second-order valence-corrected chi connectivity index (χ2v) is 11.2. The van der Waals surface area contributed by atoms with Crippen molar-refractivity contribution in [2.75, 3.05) is 25.7 Å². The minimum atomic E-state index is -0.803. The van der Waals surface area contributed by atoms with E-state index < -0.39 is 17.6 Å². The van der Waals surface area contributed by atoms with Gasteiger partial charge in [-0.3, -0.25) is 14.2 Å². The van der Waals surface area contributed by atoms with E-state index in [-0.39, 0.29) is 22.6 Å². The maximum Gasteiger partial charge on any atom is 0.338 e. The summed E-state index contributed by atoms with van der Waals surface area (Å²) in [6.07, 6.45) is 0. The van der Waals surface area contributed by atoms with E-state index in [0.29, 0.717) is 43.1 Å². The first kappa shape index (κ1) is 25.6. The molecule has 0 fully saturated rings. The molecule has 2 aliphatic rings. The second-order valence-electron chi connectivity index (χ2n) is 8.42. The zero-order chi connectivity index (χ0) is 26.6. The van der Waals surface area contributed by atoms with Crippen molar-refractivity contribution < 1.29 is 19.1 Å². The van der Waals surface area contributed by atoms with Crippen LogP contribution in [-0.4, -0.2) is 37.2 Å². The normalized spacial score (nSPS) is 17.9. The predicted octanol–water partition coefficient (Wildman–Crippen LogP) is 3.68. The highest BCUT2D eigenvalue weighted by molar-refractivity contribution is 9.10. The molecule has 0 radical (unpaired) electrons. The number of aromatic nitrogens is 1. The minimum absolute atomic E-state index is 0.176. The maximum atomic E-state index is 14.1. The van der Waals surface area contributed by atoms with Crippen molar-refractivity contribution in [3.8, 4) is 5.75 Å². The van der Waals surface area contributed by atoms with Crippen molar-refractivity contribution in [2.24, 2.45) is 4.99 Å². The van der Waals surface area contributed by atoms with Crippen molar-refractivity contribution in [1.29, 1.82) is 0 Å². The SMILES string of the molecule is CCOC(=O)C1=C(C)N=c2s/c(=C3\C(=O)N(C)c4ccc(Br)cc43)c(=O)n2[C@@H]1c1ccc(OC)c(Br)c1. The lowest BCUT2D eigenvalue weighted by molar-refractivity contribution is -0.139. The fraction of sp³-hybridized carbons (Fsp3) is 0.231. The number of benzene rings is 2. The molecule has 3 aromatic rings. The Labute approximate surface area is 232 Å². The van der Waals surface area contributed by atoms with Gasteiger partial charge in [0.25, 0.3) is 11.5 Å². The van der Waals surface area contributed by atoms with Gasteiger partial charge in [-0.25, -0.2) is 9.79 Å². The Balaban J connectivity index is 1.84. The summed E-state index contributed by atoms with van der Waals surface area (Å²) in [4.78, 5) is 47.1. The van der Waals surface area contributed by atoms with Crippen LogP contribution in [0.2, 0.25) is 0 Å². The highest BCUT2D eigenvalue weighted by atomic mass is 79.9. The molecule has 5 rings (SSSR count). The van der Waals surface area contributed by atoms with Crippen LogP contribution in [0.25, 0.3) is 5.57 Å². The molecule has 1 atom stereocenters. The predicted molar refractivity (Wildman–Crippen MR) is 148 cm³/mol.